The summed E-state index contributed by atoms with van der Waals surface area (Å²) in [5.41, 5.74) is 4.90. The number of carbonyl (C=O) groups excluding carboxylic acids is 1. The zero-order chi connectivity index (χ0) is 15.7. The Morgan fingerprint density at radius 2 is 2.05 bits per heavy atom. The summed E-state index contributed by atoms with van der Waals surface area (Å²) < 4.78 is 0. The predicted molar refractivity (Wildman–Crippen MR) is 81.6 cm³/mol. The van der Waals surface area contributed by atoms with Crippen LogP contribution in [0.2, 0.25) is 0 Å². The number of carbonyl (C=O) groups is 1. The van der Waals surface area contributed by atoms with Gasteiger partial charge >= 0.3 is 0 Å². The van der Waals surface area contributed by atoms with E-state index < -0.39 is 0 Å². The Hall–Kier alpha value is -3.11. The van der Waals surface area contributed by atoms with Crippen LogP contribution in [-0.4, -0.2) is 11.2 Å². The number of rotatable bonds is 2. The number of nitrogens with zero attached hydrogens (tertiary/aromatic N) is 3. The molecule has 0 aliphatic carbocycles. The summed E-state index contributed by atoms with van der Waals surface area (Å²) in [6.07, 6.45) is 2.98. The van der Waals surface area contributed by atoms with Gasteiger partial charge in [0.15, 0.2) is 12.5 Å². The molecule has 1 aliphatic rings. The Morgan fingerprint density at radius 1 is 1.23 bits per heavy atom. The molecule has 2 aromatic carbocycles. The van der Waals surface area contributed by atoms with Gasteiger partial charge in [-0.25, -0.2) is 0 Å². The van der Waals surface area contributed by atoms with Crippen LogP contribution in [0.5, 0.6) is 0 Å². The summed E-state index contributed by atoms with van der Waals surface area (Å²) in [7, 11) is 0. The van der Waals surface area contributed by atoms with Crippen LogP contribution in [0.1, 0.15) is 40.0 Å². The summed E-state index contributed by atoms with van der Waals surface area (Å²) in [6.45, 7) is 2.54. The van der Waals surface area contributed by atoms with Gasteiger partial charge in [0.1, 0.15) is 0 Å². The molecule has 1 heterocycles. The summed E-state index contributed by atoms with van der Waals surface area (Å²) in [5, 5.41) is 18.2. The van der Waals surface area contributed by atoms with E-state index >= 15 is 0 Å². The van der Waals surface area contributed by atoms with Crippen LogP contribution in [0.25, 0.3) is 11.1 Å². The van der Waals surface area contributed by atoms with Crippen LogP contribution in [-0.2, 0) is 6.54 Å². The van der Waals surface area contributed by atoms with Gasteiger partial charge in [0.25, 0.3) is 0 Å². The number of fused-ring (bicyclic) bond motifs is 1. The molecule has 0 aromatic heterocycles. The Morgan fingerprint density at radius 3 is 2.73 bits per heavy atom. The largest absolute Gasteiger partial charge is 0.299 e. The second kappa shape index (κ2) is 5.35. The van der Waals surface area contributed by atoms with Crippen molar-refractivity contribution in [3.05, 3.63) is 58.7 Å². The minimum absolute atomic E-state index is 0.0398. The Kier molecular flexibility index (Phi) is 3.37. The van der Waals surface area contributed by atoms with Crippen LogP contribution in [0.4, 0.5) is 0 Å². The summed E-state index contributed by atoms with van der Waals surface area (Å²) in [4.78, 5) is 13.1. The van der Waals surface area contributed by atoms with Crippen LogP contribution in [0.3, 0.4) is 0 Å². The number of hydrogen-bond acceptors (Lipinski definition) is 4. The van der Waals surface area contributed by atoms with E-state index in [4.69, 9.17) is 5.26 Å². The molecule has 22 heavy (non-hydrogen) atoms. The van der Waals surface area contributed by atoms with E-state index in [1.54, 1.807) is 23.1 Å². The van der Waals surface area contributed by atoms with Gasteiger partial charge in [-0.15, -0.1) is 0 Å². The summed E-state index contributed by atoms with van der Waals surface area (Å²) in [6, 6.07) is 13.1. The first-order valence-electron chi connectivity index (χ1n) is 6.97. The maximum absolute atomic E-state index is 11.4. The highest BCUT2D eigenvalue weighted by molar-refractivity contribution is 5.89. The molecule has 0 fully saturated rings. The van der Waals surface area contributed by atoms with Gasteiger partial charge in [0, 0.05) is 5.56 Å². The van der Waals surface area contributed by atoms with Crippen molar-refractivity contribution in [1.82, 2.24) is 4.90 Å². The van der Waals surface area contributed by atoms with Gasteiger partial charge in [-0.2, -0.15) is 10.5 Å². The maximum Gasteiger partial charge on any atom is 0.180 e. The molecule has 0 saturated heterocycles. The normalized spacial score (nSPS) is 15.8. The highest BCUT2D eigenvalue weighted by Gasteiger charge is 2.28. The zero-order valence-electron chi connectivity index (χ0n) is 12.1. The lowest BCUT2D eigenvalue weighted by Gasteiger charge is -2.12. The van der Waals surface area contributed by atoms with Crippen molar-refractivity contribution in [2.75, 3.05) is 0 Å². The third-order valence-corrected chi connectivity index (χ3v) is 4.18. The summed E-state index contributed by atoms with van der Waals surface area (Å²) >= 11 is 0. The number of aldehydes is 1. The molecule has 0 saturated carbocycles. The van der Waals surface area contributed by atoms with Crippen LogP contribution >= 0.6 is 0 Å². The molecule has 1 unspecified atom stereocenters. The molecular formula is C18H13N3O. The fraction of sp³-hybridized carbons (Fsp3) is 0.167. The van der Waals surface area contributed by atoms with E-state index in [0.717, 1.165) is 28.5 Å². The van der Waals surface area contributed by atoms with Gasteiger partial charge in [-0.3, -0.25) is 9.69 Å². The molecule has 4 heteroatoms. The van der Waals surface area contributed by atoms with Gasteiger partial charge < -0.3 is 0 Å². The van der Waals surface area contributed by atoms with Crippen molar-refractivity contribution in [3.63, 3.8) is 0 Å². The van der Waals surface area contributed by atoms with E-state index in [1.165, 1.54) is 0 Å². The van der Waals surface area contributed by atoms with E-state index in [-0.39, 0.29) is 6.04 Å². The third-order valence-electron chi connectivity index (χ3n) is 4.18. The van der Waals surface area contributed by atoms with Crippen molar-refractivity contribution in [2.45, 2.75) is 19.5 Å². The van der Waals surface area contributed by atoms with Crippen molar-refractivity contribution < 1.29 is 4.79 Å². The van der Waals surface area contributed by atoms with E-state index in [2.05, 4.69) is 6.19 Å². The van der Waals surface area contributed by atoms with Crippen molar-refractivity contribution >= 4 is 6.29 Å². The molecule has 0 amide bonds. The molecule has 106 valence electrons. The Labute approximate surface area is 128 Å². The molecule has 0 N–H and O–H groups in total. The molecule has 4 nitrogen and oxygen atoms in total. The topological polar surface area (TPSA) is 67.9 Å². The minimum atomic E-state index is 0.0398. The van der Waals surface area contributed by atoms with E-state index in [9.17, 15) is 10.1 Å². The quantitative estimate of drug-likeness (QED) is 0.627. The number of benzene rings is 2. The fourth-order valence-electron chi connectivity index (χ4n) is 3.00. The second-order valence-corrected chi connectivity index (χ2v) is 5.31. The number of nitriles is 2. The standard InChI is InChI=1S/C18H13N3O/c1-12-15-3-2-4-17(18(15)9-21(12)11-20)16-6-5-13(8-19)7-14(16)10-22/h2-7,10,12H,9H2,1H3. The lowest BCUT2D eigenvalue weighted by Crippen LogP contribution is -2.12. The van der Waals surface area contributed by atoms with Crippen LogP contribution in [0, 0.1) is 22.8 Å². The molecule has 1 aliphatic heterocycles. The van der Waals surface area contributed by atoms with E-state index in [1.807, 2.05) is 31.2 Å². The van der Waals surface area contributed by atoms with Crippen molar-refractivity contribution in [1.29, 1.82) is 10.5 Å². The Balaban J connectivity index is 2.19. The van der Waals surface area contributed by atoms with Crippen LogP contribution in [0.15, 0.2) is 36.4 Å². The zero-order valence-corrected chi connectivity index (χ0v) is 12.1. The lowest BCUT2D eigenvalue weighted by atomic mass is 9.92. The number of hydrogen-bond donors (Lipinski definition) is 0. The predicted octanol–water partition coefficient (Wildman–Crippen LogP) is 3.40. The summed E-state index contributed by atoms with van der Waals surface area (Å²) in [5.74, 6) is 0. The third kappa shape index (κ3) is 2.03. The lowest BCUT2D eigenvalue weighted by molar-refractivity contribution is 0.112. The minimum Gasteiger partial charge on any atom is -0.299 e. The maximum atomic E-state index is 11.4. The molecule has 0 spiro atoms. The molecule has 3 rings (SSSR count). The molecular weight excluding hydrogens is 274 g/mol. The van der Waals surface area contributed by atoms with E-state index in [0.29, 0.717) is 17.7 Å². The average molecular weight is 287 g/mol. The first-order valence-corrected chi connectivity index (χ1v) is 6.97. The molecule has 0 bridgehead atoms. The average Bonchev–Trinajstić information content (AvgIpc) is 2.90. The molecule has 1 atom stereocenters. The van der Waals surface area contributed by atoms with Crippen molar-refractivity contribution in [2.24, 2.45) is 0 Å². The monoisotopic (exact) mass is 287 g/mol. The first-order chi connectivity index (χ1) is 10.7. The van der Waals surface area contributed by atoms with Gasteiger partial charge in [-0.05, 0) is 41.3 Å². The molecule has 2 aromatic rings. The smallest absolute Gasteiger partial charge is 0.180 e. The van der Waals surface area contributed by atoms with Gasteiger partial charge in [0.2, 0.25) is 0 Å². The fourth-order valence-corrected chi connectivity index (χ4v) is 3.00. The Bertz CT molecular complexity index is 842. The second-order valence-electron chi connectivity index (χ2n) is 5.31. The first kappa shape index (κ1) is 13.9. The highest BCUT2D eigenvalue weighted by Crippen LogP contribution is 2.39. The SMILES string of the molecule is CC1c2cccc(-c3ccc(C#N)cc3C=O)c2CN1C#N. The van der Waals surface area contributed by atoms with Gasteiger partial charge in [0.05, 0.1) is 24.2 Å². The van der Waals surface area contributed by atoms with Crippen LogP contribution < -0.4 is 0 Å². The van der Waals surface area contributed by atoms with Gasteiger partial charge in [-0.1, -0.05) is 24.3 Å². The molecule has 0 radical (unpaired) electrons. The highest BCUT2D eigenvalue weighted by atomic mass is 16.1. The van der Waals surface area contributed by atoms with Crippen molar-refractivity contribution in [3.8, 4) is 23.4 Å².